The fraction of sp³-hybridized carbons (Fsp3) is 0.600. The summed E-state index contributed by atoms with van der Waals surface area (Å²) in [6.07, 6.45) is 9.24. The van der Waals surface area contributed by atoms with E-state index in [9.17, 15) is 4.79 Å². The summed E-state index contributed by atoms with van der Waals surface area (Å²) in [5.41, 5.74) is 1.22. The number of pyridine rings is 1. The number of fused-ring (bicyclic) bond motifs is 1. The highest BCUT2D eigenvalue weighted by molar-refractivity contribution is 5.67. The van der Waals surface area contributed by atoms with Crippen LogP contribution in [0.5, 0.6) is 0 Å². The van der Waals surface area contributed by atoms with Crippen molar-refractivity contribution < 1.29 is 4.42 Å². The molecule has 0 aliphatic heterocycles. The number of hydrogen-bond acceptors (Lipinski definition) is 4. The number of nitrogens with one attached hydrogen (secondary N) is 1. The summed E-state index contributed by atoms with van der Waals surface area (Å²) in [4.78, 5) is 16.0. The molecule has 20 heavy (non-hydrogen) atoms. The number of rotatable bonds is 5. The molecular formula is C15H21N3O2. The zero-order valence-electron chi connectivity index (χ0n) is 11.7. The van der Waals surface area contributed by atoms with Crippen LogP contribution in [0.25, 0.3) is 11.2 Å². The van der Waals surface area contributed by atoms with Gasteiger partial charge in [-0.05, 0) is 37.9 Å². The molecule has 2 aromatic rings. The van der Waals surface area contributed by atoms with E-state index < -0.39 is 0 Å². The topological polar surface area (TPSA) is 60.1 Å². The van der Waals surface area contributed by atoms with Crippen molar-refractivity contribution >= 4 is 11.2 Å². The predicted octanol–water partition coefficient (Wildman–Crippen LogP) is 2.30. The molecule has 3 rings (SSSR count). The number of aromatic nitrogens is 2. The monoisotopic (exact) mass is 275 g/mol. The smallest absolute Gasteiger partial charge is 0.406 e. The Hall–Kier alpha value is -1.62. The average Bonchev–Trinajstić information content (AvgIpc) is 2.80. The van der Waals surface area contributed by atoms with Crippen LogP contribution in [-0.4, -0.2) is 22.1 Å². The van der Waals surface area contributed by atoms with Crippen molar-refractivity contribution in [3.63, 3.8) is 0 Å². The van der Waals surface area contributed by atoms with Crippen LogP contribution in [0.3, 0.4) is 0 Å². The Morgan fingerprint density at radius 1 is 1.35 bits per heavy atom. The summed E-state index contributed by atoms with van der Waals surface area (Å²) >= 11 is 0. The Balaban J connectivity index is 1.54. The maximum Gasteiger partial charge on any atom is 0.421 e. The highest BCUT2D eigenvalue weighted by Crippen LogP contribution is 2.17. The second kappa shape index (κ2) is 6.22. The minimum Gasteiger partial charge on any atom is -0.406 e. The summed E-state index contributed by atoms with van der Waals surface area (Å²) in [5.74, 6) is -0.309. The van der Waals surface area contributed by atoms with Gasteiger partial charge in [-0.15, -0.1) is 0 Å². The van der Waals surface area contributed by atoms with Crippen molar-refractivity contribution in [2.45, 2.75) is 51.1 Å². The first kappa shape index (κ1) is 13.4. The van der Waals surface area contributed by atoms with Gasteiger partial charge in [0.25, 0.3) is 0 Å². The Labute approximate surface area is 118 Å². The predicted molar refractivity (Wildman–Crippen MR) is 77.8 cm³/mol. The van der Waals surface area contributed by atoms with Gasteiger partial charge in [-0.2, -0.15) is 0 Å². The Kier molecular flexibility index (Phi) is 4.16. The normalized spacial score (nSPS) is 16.8. The van der Waals surface area contributed by atoms with Gasteiger partial charge >= 0.3 is 5.76 Å². The van der Waals surface area contributed by atoms with E-state index in [2.05, 4.69) is 10.3 Å². The van der Waals surface area contributed by atoms with E-state index in [0.717, 1.165) is 13.0 Å². The van der Waals surface area contributed by atoms with E-state index in [0.29, 0.717) is 23.8 Å². The maximum absolute atomic E-state index is 11.8. The summed E-state index contributed by atoms with van der Waals surface area (Å²) in [6, 6.07) is 4.22. The zero-order chi connectivity index (χ0) is 13.8. The van der Waals surface area contributed by atoms with Crippen LogP contribution in [0.15, 0.2) is 27.5 Å². The zero-order valence-corrected chi connectivity index (χ0v) is 11.7. The third-order valence-electron chi connectivity index (χ3n) is 4.02. The molecule has 1 saturated carbocycles. The van der Waals surface area contributed by atoms with Crippen LogP contribution < -0.4 is 11.1 Å². The lowest BCUT2D eigenvalue weighted by molar-refractivity contribution is 0.367. The SMILES string of the molecule is O=c1oc2cccnc2n1CCCNC1CCCCC1. The number of nitrogens with zero attached hydrogens (tertiary/aromatic N) is 2. The molecule has 0 aromatic carbocycles. The first-order valence-corrected chi connectivity index (χ1v) is 7.52. The molecule has 0 unspecified atom stereocenters. The van der Waals surface area contributed by atoms with Crippen LogP contribution in [0.4, 0.5) is 0 Å². The molecule has 0 spiro atoms. The van der Waals surface area contributed by atoms with E-state index in [-0.39, 0.29) is 5.76 Å². The molecule has 5 nitrogen and oxygen atoms in total. The van der Waals surface area contributed by atoms with Gasteiger partial charge in [-0.25, -0.2) is 9.78 Å². The van der Waals surface area contributed by atoms with Crippen molar-refractivity contribution in [1.29, 1.82) is 0 Å². The Bertz CT molecular complexity index is 611. The molecule has 108 valence electrons. The largest absolute Gasteiger partial charge is 0.421 e. The van der Waals surface area contributed by atoms with Crippen molar-refractivity contribution in [2.24, 2.45) is 0 Å². The molecule has 1 N–H and O–H groups in total. The quantitative estimate of drug-likeness (QED) is 0.851. The molecule has 0 saturated heterocycles. The van der Waals surface area contributed by atoms with Gasteiger partial charge in [-0.3, -0.25) is 4.57 Å². The minimum absolute atomic E-state index is 0.309. The number of aryl methyl sites for hydroxylation is 1. The number of hydrogen-bond donors (Lipinski definition) is 1. The maximum atomic E-state index is 11.8. The molecule has 0 bridgehead atoms. The summed E-state index contributed by atoms with van der Waals surface area (Å²) < 4.78 is 6.79. The fourth-order valence-corrected chi connectivity index (χ4v) is 2.95. The van der Waals surface area contributed by atoms with Gasteiger partial charge in [-0.1, -0.05) is 19.3 Å². The van der Waals surface area contributed by atoms with E-state index in [4.69, 9.17) is 4.42 Å². The molecule has 2 heterocycles. The molecule has 2 aromatic heterocycles. The molecule has 0 amide bonds. The van der Waals surface area contributed by atoms with Gasteiger partial charge in [0.05, 0.1) is 0 Å². The lowest BCUT2D eigenvalue weighted by Gasteiger charge is -2.22. The van der Waals surface area contributed by atoms with Crippen molar-refractivity contribution in [2.75, 3.05) is 6.54 Å². The van der Waals surface area contributed by atoms with Gasteiger partial charge in [0.2, 0.25) is 0 Å². The summed E-state index contributed by atoms with van der Waals surface area (Å²) in [6.45, 7) is 1.60. The van der Waals surface area contributed by atoms with E-state index in [1.807, 2.05) is 0 Å². The average molecular weight is 275 g/mol. The summed E-state index contributed by atoms with van der Waals surface area (Å²) in [7, 11) is 0. The minimum atomic E-state index is -0.309. The molecule has 1 aliphatic rings. The van der Waals surface area contributed by atoms with Crippen LogP contribution >= 0.6 is 0 Å². The van der Waals surface area contributed by atoms with Crippen LogP contribution in [0, 0.1) is 0 Å². The van der Waals surface area contributed by atoms with Gasteiger partial charge in [0.15, 0.2) is 11.2 Å². The molecule has 5 heteroatoms. The van der Waals surface area contributed by atoms with Crippen molar-refractivity contribution in [1.82, 2.24) is 14.9 Å². The van der Waals surface area contributed by atoms with Crippen molar-refractivity contribution in [3.8, 4) is 0 Å². The Morgan fingerprint density at radius 3 is 3.05 bits per heavy atom. The third kappa shape index (κ3) is 2.93. The molecule has 0 atom stereocenters. The lowest BCUT2D eigenvalue weighted by atomic mass is 9.95. The fourth-order valence-electron chi connectivity index (χ4n) is 2.95. The van der Waals surface area contributed by atoms with Crippen LogP contribution in [0.2, 0.25) is 0 Å². The second-order valence-corrected chi connectivity index (χ2v) is 5.49. The number of oxazole rings is 1. The van der Waals surface area contributed by atoms with Crippen LogP contribution in [0.1, 0.15) is 38.5 Å². The lowest BCUT2D eigenvalue weighted by Crippen LogP contribution is -2.32. The first-order valence-electron chi connectivity index (χ1n) is 7.52. The first-order chi connectivity index (χ1) is 9.84. The van der Waals surface area contributed by atoms with Gasteiger partial charge in [0, 0.05) is 18.8 Å². The third-order valence-corrected chi connectivity index (χ3v) is 4.02. The highest BCUT2D eigenvalue weighted by Gasteiger charge is 2.13. The molecule has 1 aliphatic carbocycles. The van der Waals surface area contributed by atoms with E-state index in [1.54, 1.807) is 22.9 Å². The van der Waals surface area contributed by atoms with E-state index in [1.165, 1.54) is 32.1 Å². The second-order valence-electron chi connectivity index (χ2n) is 5.49. The van der Waals surface area contributed by atoms with Crippen molar-refractivity contribution in [3.05, 3.63) is 28.9 Å². The highest BCUT2D eigenvalue weighted by atomic mass is 16.4. The van der Waals surface area contributed by atoms with Gasteiger partial charge in [0.1, 0.15) is 0 Å². The standard InChI is InChI=1S/C15H21N3O2/c19-15-18(14-13(20-15)8-4-9-17-14)11-5-10-16-12-6-2-1-3-7-12/h4,8-9,12,16H,1-3,5-7,10-11H2. The van der Waals surface area contributed by atoms with Crippen LogP contribution in [-0.2, 0) is 6.54 Å². The van der Waals surface area contributed by atoms with Gasteiger partial charge < -0.3 is 9.73 Å². The molecule has 0 radical (unpaired) electrons. The summed E-state index contributed by atoms with van der Waals surface area (Å²) in [5, 5.41) is 3.59. The molecular weight excluding hydrogens is 254 g/mol. The van der Waals surface area contributed by atoms with E-state index >= 15 is 0 Å². The molecule has 1 fully saturated rings. The Morgan fingerprint density at radius 2 is 2.20 bits per heavy atom.